The van der Waals surface area contributed by atoms with E-state index in [9.17, 15) is 18.7 Å². The van der Waals surface area contributed by atoms with Crippen LogP contribution in [0.25, 0.3) is 0 Å². The molecule has 1 saturated heterocycles. The van der Waals surface area contributed by atoms with Crippen LogP contribution < -0.4 is 11.4 Å². The molecule has 1 aliphatic heterocycles. The highest BCUT2D eigenvalue weighted by molar-refractivity contribution is 5.23. The van der Waals surface area contributed by atoms with Crippen molar-refractivity contribution < 1.29 is 29.2 Å². The maximum atomic E-state index is 13.7. The van der Waals surface area contributed by atoms with E-state index in [4.69, 9.17) is 15.6 Å². The zero-order chi connectivity index (χ0) is 13.5. The number of aromatic nitrogens is 2. The van der Waals surface area contributed by atoms with Gasteiger partial charge in [-0.3, -0.25) is 4.57 Å². The SMILES string of the molecule is Nc1ccn([C@@H]2O[C@H](CO)[C@@H](O)C2(F)F)c(=O)n1.O. The van der Waals surface area contributed by atoms with Crippen molar-refractivity contribution in [3.05, 3.63) is 22.7 Å². The molecule has 0 aliphatic carbocycles. The number of halogens is 2. The number of alkyl halides is 2. The summed E-state index contributed by atoms with van der Waals surface area (Å²) in [5, 5.41) is 18.1. The topological polar surface area (TPSA) is 142 Å². The molecule has 0 bridgehead atoms. The van der Waals surface area contributed by atoms with E-state index in [1.54, 1.807) is 0 Å². The van der Waals surface area contributed by atoms with Gasteiger partial charge in [0.2, 0.25) is 6.23 Å². The molecule has 1 aliphatic rings. The third-order valence-electron chi connectivity index (χ3n) is 2.66. The Morgan fingerprint density at radius 1 is 1.58 bits per heavy atom. The van der Waals surface area contributed by atoms with Crippen molar-refractivity contribution in [3.8, 4) is 0 Å². The van der Waals surface area contributed by atoms with Gasteiger partial charge in [-0.05, 0) is 6.07 Å². The second-order valence-corrected chi connectivity index (χ2v) is 3.87. The van der Waals surface area contributed by atoms with Crippen LogP contribution in [0.5, 0.6) is 0 Å². The van der Waals surface area contributed by atoms with Crippen molar-refractivity contribution in [1.29, 1.82) is 0 Å². The molecule has 2 heterocycles. The molecule has 1 aromatic heterocycles. The molecular weight excluding hydrogens is 268 g/mol. The molecule has 6 N–H and O–H groups in total. The minimum atomic E-state index is -3.71. The maximum absolute atomic E-state index is 13.7. The van der Waals surface area contributed by atoms with Gasteiger partial charge in [-0.2, -0.15) is 13.8 Å². The van der Waals surface area contributed by atoms with E-state index in [2.05, 4.69) is 4.98 Å². The first kappa shape index (κ1) is 15.4. The number of nitrogen functional groups attached to an aromatic ring is 1. The molecule has 0 spiro atoms. The van der Waals surface area contributed by atoms with Crippen LogP contribution in [-0.4, -0.2) is 50.0 Å². The number of ether oxygens (including phenoxy) is 1. The van der Waals surface area contributed by atoms with Crippen LogP contribution in [0, 0.1) is 0 Å². The zero-order valence-electron chi connectivity index (χ0n) is 9.53. The molecule has 3 atom stereocenters. The quantitative estimate of drug-likeness (QED) is 0.566. The summed E-state index contributed by atoms with van der Waals surface area (Å²) >= 11 is 0. The predicted molar refractivity (Wildman–Crippen MR) is 58.5 cm³/mol. The summed E-state index contributed by atoms with van der Waals surface area (Å²) in [4.78, 5) is 14.7. The number of anilines is 1. The summed E-state index contributed by atoms with van der Waals surface area (Å²) in [5.41, 5.74) is 4.21. The minimum Gasteiger partial charge on any atom is -0.412 e. The number of aliphatic hydroxyl groups is 2. The minimum absolute atomic E-state index is 0. The number of aliphatic hydroxyl groups excluding tert-OH is 2. The van der Waals surface area contributed by atoms with Crippen molar-refractivity contribution >= 4 is 5.82 Å². The molecule has 1 aromatic rings. The van der Waals surface area contributed by atoms with Crippen LogP contribution >= 0.6 is 0 Å². The maximum Gasteiger partial charge on any atom is 0.351 e. The summed E-state index contributed by atoms with van der Waals surface area (Å²) in [6.45, 7) is -0.787. The molecular formula is C9H13F2N3O5. The Morgan fingerprint density at radius 3 is 2.68 bits per heavy atom. The monoisotopic (exact) mass is 281 g/mol. The molecule has 8 nitrogen and oxygen atoms in total. The van der Waals surface area contributed by atoms with Crippen LogP contribution in [0.3, 0.4) is 0 Å². The molecule has 0 amide bonds. The van der Waals surface area contributed by atoms with Crippen LogP contribution in [0.4, 0.5) is 14.6 Å². The summed E-state index contributed by atoms with van der Waals surface area (Å²) in [6, 6.07) is 1.15. The molecule has 0 radical (unpaired) electrons. The van der Waals surface area contributed by atoms with E-state index in [1.165, 1.54) is 0 Å². The van der Waals surface area contributed by atoms with Crippen LogP contribution in [0.15, 0.2) is 17.1 Å². The van der Waals surface area contributed by atoms with Gasteiger partial charge in [-0.1, -0.05) is 0 Å². The second kappa shape index (κ2) is 5.17. The highest BCUT2D eigenvalue weighted by atomic mass is 19.3. The van der Waals surface area contributed by atoms with Gasteiger partial charge >= 0.3 is 11.6 Å². The van der Waals surface area contributed by atoms with E-state index < -0.39 is 36.7 Å². The predicted octanol–water partition coefficient (Wildman–Crippen LogP) is -2.11. The van der Waals surface area contributed by atoms with Gasteiger partial charge in [0.05, 0.1) is 6.61 Å². The van der Waals surface area contributed by atoms with Gasteiger partial charge in [0.25, 0.3) is 0 Å². The Kier molecular flexibility index (Phi) is 4.20. The van der Waals surface area contributed by atoms with Crippen LogP contribution in [0.1, 0.15) is 6.23 Å². The van der Waals surface area contributed by atoms with E-state index in [1.807, 2.05) is 0 Å². The van der Waals surface area contributed by atoms with Gasteiger partial charge in [0.15, 0.2) is 6.10 Å². The Labute approximate surface area is 105 Å². The number of hydrogen-bond donors (Lipinski definition) is 3. The molecule has 0 unspecified atom stereocenters. The number of nitrogens with two attached hydrogens (primary N) is 1. The lowest BCUT2D eigenvalue weighted by molar-refractivity contribution is -0.140. The van der Waals surface area contributed by atoms with Crippen molar-refractivity contribution in [2.45, 2.75) is 24.4 Å². The van der Waals surface area contributed by atoms with Crippen molar-refractivity contribution in [1.82, 2.24) is 9.55 Å². The Morgan fingerprint density at radius 2 is 2.21 bits per heavy atom. The van der Waals surface area contributed by atoms with Crippen molar-refractivity contribution in [2.75, 3.05) is 12.3 Å². The van der Waals surface area contributed by atoms with Gasteiger partial charge in [0, 0.05) is 6.20 Å². The Hall–Kier alpha value is -1.62. The molecule has 19 heavy (non-hydrogen) atoms. The van der Waals surface area contributed by atoms with Gasteiger partial charge in [-0.25, -0.2) is 4.79 Å². The van der Waals surface area contributed by atoms with E-state index >= 15 is 0 Å². The van der Waals surface area contributed by atoms with E-state index in [-0.39, 0.29) is 11.3 Å². The standard InChI is InChI=1S/C9H11F2N3O4.H2O/c10-9(11)6(16)4(3-15)18-7(9)14-2-1-5(12)13-8(14)17;/h1-2,4,6-7,15-16H,3H2,(H2,12,13,17);1H2/t4-,6-,7-;/m1./s1. The second-order valence-electron chi connectivity index (χ2n) is 3.87. The smallest absolute Gasteiger partial charge is 0.351 e. The van der Waals surface area contributed by atoms with Crippen molar-refractivity contribution in [3.63, 3.8) is 0 Å². The van der Waals surface area contributed by atoms with Crippen LogP contribution in [-0.2, 0) is 4.74 Å². The first-order chi connectivity index (χ1) is 8.37. The first-order valence-corrected chi connectivity index (χ1v) is 5.04. The van der Waals surface area contributed by atoms with Crippen LogP contribution in [0.2, 0.25) is 0 Å². The zero-order valence-corrected chi connectivity index (χ0v) is 9.53. The lowest BCUT2D eigenvalue weighted by Crippen LogP contribution is -2.41. The summed E-state index contributed by atoms with van der Waals surface area (Å²) in [6.07, 6.45) is -4.69. The molecule has 10 heteroatoms. The largest absolute Gasteiger partial charge is 0.412 e. The number of nitrogens with zero attached hydrogens (tertiary/aromatic N) is 2. The molecule has 108 valence electrons. The third-order valence-corrected chi connectivity index (χ3v) is 2.66. The fourth-order valence-corrected chi connectivity index (χ4v) is 1.72. The van der Waals surface area contributed by atoms with E-state index in [0.29, 0.717) is 4.57 Å². The number of hydrogen-bond acceptors (Lipinski definition) is 6. The summed E-state index contributed by atoms with van der Waals surface area (Å²) in [5.74, 6) is -3.83. The Bertz CT molecular complexity index is 509. The fourth-order valence-electron chi connectivity index (χ4n) is 1.72. The van der Waals surface area contributed by atoms with Gasteiger partial charge in [-0.15, -0.1) is 0 Å². The number of rotatable bonds is 2. The van der Waals surface area contributed by atoms with Gasteiger partial charge < -0.3 is 26.2 Å². The third kappa shape index (κ3) is 2.42. The highest BCUT2D eigenvalue weighted by Gasteiger charge is 2.59. The molecule has 0 aromatic carbocycles. The molecule has 2 rings (SSSR count). The average molecular weight is 281 g/mol. The first-order valence-electron chi connectivity index (χ1n) is 5.04. The van der Waals surface area contributed by atoms with E-state index in [0.717, 1.165) is 12.3 Å². The normalized spacial score (nSPS) is 28.9. The summed E-state index contributed by atoms with van der Waals surface area (Å²) in [7, 11) is 0. The lowest BCUT2D eigenvalue weighted by atomic mass is 10.1. The lowest BCUT2D eigenvalue weighted by Gasteiger charge is -2.20. The Balaban J connectivity index is 0.00000180. The summed E-state index contributed by atoms with van der Waals surface area (Å²) < 4.78 is 32.7. The van der Waals surface area contributed by atoms with Crippen molar-refractivity contribution in [2.24, 2.45) is 0 Å². The fraction of sp³-hybridized carbons (Fsp3) is 0.556. The molecule has 1 fully saturated rings. The average Bonchev–Trinajstić information content (AvgIpc) is 2.52. The molecule has 0 saturated carbocycles. The highest BCUT2D eigenvalue weighted by Crippen LogP contribution is 2.41. The van der Waals surface area contributed by atoms with Gasteiger partial charge in [0.1, 0.15) is 11.9 Å².